The highest BCUT2D eigenvalue weighted by Crippen LogP contribution is 2.21. The summed E-state index contributed by atoms with van der Waals surface area (Å²) < 4.78 is 0. The van der Waals surface area contributed by atoms with Crippen molar-refractivity contribution >= 4 is 30.7 Å². The predicted molar refractivity (Wildman–Crippen MR) is 90.6 cm³/mol. The first-order valence-corrected chi connectivity index (χ1v) is 7.06. The Hall–Kier alpha value is -0.840. The van der Waals surface area contributed by atoms with Crippen molar-refractivity contribution in [3.05, 3.63) is 29.6 Å². The molecule has 1 fully saturated rings. The maximum Gasteiger partial charge on any atom is 0.255 e. The molecule has 1 aromatic rings. The second kappa shape index (κ2) is 9.98. The van der Waals surface area contributed by atoms with Crippen molar-refractivity contribution < 1.29 is 4.79 Å². The van der Waals surface area contributed by atoms with Gasteiger partial charge in [-0.15, -0.1) is 24.8 Å². The second-order valence-electron chi connectivity index (χ2n) is 5.38. The first-order valence-electron chi connectivity index (χ1n) is 7.06. The summed E-state index contributed by atoms with van der Waals surface area (Å²) in [7, 11) is 1.99. The third kappa shape index (κ3) is 5.81. The van der Waals surface area contributed by atoms with E-state index in [1.165, 1.54) is 6.42 Å². The van der Waals surface area contributed by atoms with Gasteiger partial charge in [-0.25, -0.2) is 0 Å². The van der Waals surface area contributed by atoms with Crippen LogP contribution in [0.5, 0.6) is 0 Å². The van der Waals surface area contributed by atoms with Gasteiger partial charge in [-0.05, 0) is 57.3 Å². The van der Waals surface area contributed by atoms with E-state index >= 15 is 0 Å². The molecule has 21 heavy (non-hydrogen) atoms. The van der Waals surface area contributed by atoms with Gasteiger partial charge in [0.2, 0.25) is 0 Å². The van der Waals surface area contributed by atoms with Crippen molar-refractivity contribution in [2.75, 3.05) is 26.7 Å². The van der Waals surface area contributed by atoms with Crippen molar-refractivity contribution in [1.82, 2.24) is 15.2 Å². The minimum Gasteiger partial charge on any atom is -0.339 e. The van der Waals surface area contributed by atoms with Gasteiger partial charge in [0.15, 0.2) is 0 Å². The lowest BCUT2D eigenvalue weighted by atomic mass is 9.93. The van der Waals surface area contributed by atoms with Crippen molar-refractivity contribution in [2.45, 2.75) is 26.2 Å². The molecule has 1 N–H and O–H groups in total. The summed E-state index contributed by atoms with van der Waals surface area (Å²) in [5.74, 6) is 0.885. The Bertz CT molecular complexity index is 435. The Morgan fingerprint density at radius 1 is 1.33 bits per heavy atom. The molecule has 0 aliphatic carbocycles. The molecule has 0 unspecified atom stereocenters. The van der Waals surface area contributed by atoms with Gasteiger partial charge >= 0.3 is 0 Å². The van der Waals surface area contributed by atoms with Crippen LogP contribution < -0.4 is 5.32 Å². The Morgan fingerprint density at radius 3 is 2.57 bits per heavy atom. The van der Waals surface area contributed by atoms with Crippen molar-refractivity contribution in [3.63, 3.8) is 0 Å². The van der Waals surface area contributed by atoms with Crippen LogP contribution in [-0.2, 0) is 0 Å². The van der Waals surface area contributed by atoms with Crippen LogP contribution >= 0.6 is 24.8 Å². The molecule has 0 spiro atoms. The number of hydrogen-bond acceptors (Lipinski definition) is 3. The quantitative estimate of drug-likeness (QED) is 0.921. The molecular weight excluding hydrogens is 309 g/mol. The van der Waals surface area contributed by atoms with Crippen LogP contribution in [0.1, 0.15) is 35.2 Å². The molecule has 0 saturated carbocycles. The topological polar surface area (TPSA) is 45.2 Å². The number of aromatic nitrogens is 1. The van der Waals surface area contributed by atoms with Crippen LogP contribution in [0.3, 0.4) is 0 Å². The van der Waals surface area contributed by atoms with Gasteiger partial charge in [-0.3, -0.25) is 9.78 Å². The summed E-state index contributed by atoms with van der Waals surface area (Å²) in [6.07, 6.45) is 6.90. The normalized spacial score (nSPS) is 15.0. The van der Waals surface area contributed by atoms with E-state index in [-0.39, 0.29) is 30.7 Å². The van der Waals surface area contributed by atoms with E-state index in [2.05, 4.69) is 10.3 Å². The van der Waals surface area contributed by atoms with E-state index in [9.17, 15) is 4.79 Å². The molecule has 6 heteroatoms. The number of likely N-dealkylation sites (tertiary alicyclic amines) is 1. The van der Waals surface area contributed by atoms with Gasteiger partial charge in [-0.2, -0.15) is 0 Å². The second-order valence-corrected chi connectivity index (χ2v) is 5.38. The smallest absolute Gasteiger partial charge is 0.255 e. The summed E-state index contributed by atoms with van der Waals surface area (Å²) in [5.41, 5.74) is 1.75. The summed E-state index contributed by atoms with van der Waals surface area (Å²) >= 11 is 0. The van der Waals surface area contributed by atoms with E-state index in [0.29, 0.717) is 5.56 Å². The van der Waals surface area contributed by atoms with Crippen LogP contribution in [0.25, 0.3) is 0 Å². The molecule has 1 saturated heterocycles. The molecule has 1 amide bonds. The highest BCUT2D eigenvalue weighted by atomic mass is 35.5. The summed E-state index contributed by atoms with van der Waals surface area (Å²) in [4.78, 5) is 18.4. The molecule has 1 aliphatic heterocycles. The number of carbonyl (C=O) groups excluding carboxylic acids is 1. The SMILES string of the molecule is CNCCC1CCN(C(=O)c2cncc(C)c2)CC1.Cl.Cl. The largest absolute Gasteiger partial charge is 0.339 e. The third-order valence-corrected chi connectivity index (χ3v) is 3.83. The number of carbonyl (C=O) groups is 1. The van der Waals surface area contributed by atoms with Gasteiger partial charge in [0.25, 0.3) is 5.91 Å². The molecule has 4 nitrogen and oxygen atoms in total. The zero-order valence-corrected chi connectivity index (χ0v) is 14.3. The Morgan fingerprint density at radius 2 is 2.00 bits per heavy atom. The molecule has 1 aromatic heterocycles. The highest BCUT2D eigenvalue weighted by Gasteiger charge is 2.23. The average molecular weight is 334 g/mol. The fraction of sp³-hybridized carbons (Fsp3) is 0.600. The number of hydrogen-bond donors (Lipinski definition) is 1. The number of aryl methyl sites for hydroxylation is 1. The molecule has 0 bridgehead atoms. The van der Waals surface area contributed by atoms with Gasteiger partial charge in [0.05, 0.1) is 5.56 Å². The molecule has 0 atom stereocenters. The maximum absolute atomic E-state index is 12.3. The fourth-order valence-electron chi connectivity index (χ4n) is 2.63. The predicted octanol–water partition coefficient (Wildman–Crippen LogP) is 2.70. The van der Waals surface area contributed by atoms with Gasteiger partial charge in [0, 0.05) is 25.5 Å². The maximum atomic E-state index is 12.3. The molecule has 2 heterocycles. The van der Waals surface area contributed by atoms with E-state index in [0.717, 1.165) is 44.0 Å². The molecule has 0 radical (unpaired) electrons. The Kier molecular flexibility index (Phi) is 9.58. The van der Waals surface area contributed by atoms with Crippen LogP contribution in [0.15, 0.2) is 18.5 Å². The fourth-order valence-corrected chi connectivity index (χ4v) is 2.63. The van der Waals surface area contributed by atoms with Gasteiger partial charge < -0.3 is 10.2 Å². The van der Waals surface area contributed by atoms with E-state index in [1.807, 2.05) is 24.9 Å². The lowest BCUT2D eigenvalue weighted by Gasteiger charge is -2.32. The van der Waals surface area contributed by atoms with E-state index in [1.54, 1.807) is 12.4 Å². The molecule has 120 valence electrons. The Labute approximate surface area is 139 Å². The van der Waals surface area contributed by atoms with Crippen LogP contribution in [0.2, 0.25) is 0 Å². The highest BCUT2D eigenvalue weighted by molar-refractivity contribution is 5.94. The van der Waals surface area contributed by atoms with Crippen molar-refractivity contribution in [3.8, 4) is 0 Å². The molecular formula is C15H25Cl2N3O. The van der Waals surface area contributed by atoms with Crippen molar-refractivity contribution in [2.24, 2.45) is 5.92 Å². The van der Waals surface area contributed by atoms with Crippen LogP contribution in [0.4, 0.5) is 0 Å². The number of nitrogens with one attached hydrogen (secondary N) is 1. The molecule has 0 aromatic carbocycles. The van der Waals surface area contributed by atoms with Gasteiger partial charge in [-0.1, -0.05) is 0 Å². The zero-order valence-electron chi connectivity index (χ0n) is 12.7. The van der Waals surface area contributed by atoms with E-state index < -0.39 is 0 Å². The number of nitrogens with zero attached hydrogens (tertiary/aromatic N) is 2. The monoisotopic (exact) mass is 333 g/mol. The minimum atomic E-state index is 0. The lowest BCUT2D eigenvalue weighted by Crippen LogP contribution is -2.39. The first-order chi connectivity index (χ1) is 9.20. The number of pyridine rings is 1. The average Bonchev–Trinajstić information content (AvgIpc) is 2.45. The van der Waals surface area contributed by atoms with Crippen LogP contribution in [-0.4, -0.2) is 42.5 Å². The zero-order chi connectivity index (χ0) is 13.7. The standard InChI is InChI=1S/C15H23N3O.2ClH/c1-12-9-14(11-17-10-12)15(19)18-7-4-13(5-8-18)3-6-16-2;;/h9-11,13,16H,3-8H2,1-2H3;2*1H. The van der Waals surface area contributed by atoms with Gasteiger partial charge in [0.1, 0.15) is 0 Å². The van der Waals surface area contributed by atoms with Crippen LogP contribution in [0, 0.1) is 12.8 Å². The third-order valence-electron chi connectivity index (χ3n) is 3.83. The number of piperidine rings is 1. The number of halogens is 2. The minimum absolute atomic E-state index is 0. The summed E-state index contributed by atoms with van der Waals surface area (Å²) in [6.45, 7) is 4.79. The molecule has 2 rings (SSSR count). The number of amides is 1. The van der Waals surface area contributed by atoms with E-state index in [4.69, 9.17) is 0 Å². The number of rotatable bonds is 4. The summed E-state index contributed by atoms with van der Waals surface area (Å²) in [6, 6.07) is 1.92. The van der Waals surface area contributed by atoms with Crippen molar-refractivity contribution in [1.29, 1.82) is 0 Å². The Balaban J connectivity index is 0.00000200. The lowest BCUT2D eigenvalue weighted by molar-refractivity contribution is 0.0686. The summed E-state index contributed by atoms with van der Waals surface area (Å²) in [5, 5.41) is 3.19. The molecule has 1 aliphatic rings. The first kappa shape index (κ1) is 20.2.